The molecule has 0 radical (unpaired) electrons. The highest BCUT2D eigenvalue weighted by Gasteiger charge is 2.26. The molecular formula is C20H30N2O4. The third-order valence-electron chi connectivity index (χ3n) is 4.52. The van der Waals surface area contributed by atoms with Crippen LogP contribution in [0.1, 0.15) is 40.0 Å². The molecule has 1 amide bonds. The summed E-state index contributed by atoms with van der Waals surface area (Å²) >= 11 is 0. The van der Waals surface area contributed by atoms with Gasteiger partial charge in [-0.1, -0.05) is 6.07 Å². The van der Waals surface area contributed by atoms with Gasteiger partial charge in [-0.15, -0.1) is 0 Å². The van der Waals surface area contributed by atoms with Gasteiger partial charge in [0.25, 0.3) is 0 Å². The Morgan fingerprint density at radius 2 is 1.92 bits per heavy atom. The minimum absolute atomic E-state index is 0.136. The molecule has 0 spiro atoms. The summed E-state index contributed by atoms with van der Waals surface area (Å²) in [6.45, 7) is 9.33. The van der Waals surface area contributed by atoms with Crippen LogP contribution in [-0.4, -0.2) is 55.7 Å². The number of piperazine rings is 1. The number of hydrogen-bond acceptors (Lipinski definition) is 5. The van der Waals surface area contributed by atoms with E-state index in [9.17, 15) is 4.79 Å². The third kappa shape index (κ3) is 5.27. The van der Waals surface area contributed by atoms with Gasteiger partial charge in [0.15, 0.2) is 6.29 Å². The number of hydrogen-bond donors (Lipinski definition) is 0. The van der Waals surface area contributed by atoms with E-state index in [0.29, 0.717) is 13.1 Å². The molecule has 0 N–H and O–H groups in total. The number of anilines is 1. The molecule has 2 aliphatic rings. The zero-order valence-electron chi connectivity index (χ0n) is 16.1. The first kappa shape index (κ1) is 18.8. The molecule has 2 fully saturated rings. The number of rotatable bonds is 3. The van der Waals surface area contributed by atoms with Gasteiger partial charge in [0.1, 0.15) is 11.4 Å². The molecule has 26 heavy (non-hydrogen) atoms. The molecule has 6 nitrogen and oxygen atoms in total. The van der Waals surface area contributed by atoms with Crippen LogP contribution in [0.25, 0.3) is 0 Å². The fraction of sp³-hybridized carbons (Fsp3) is 0.650. The SMILES string of the molecule is CC(C)(C)OC(=O)N1CCN(c2cccc(OC3CCCCO3)c2)CC1. The Morgan fingerprint density at radius 1 is 1.15 bits per heavy atom. The van der Waals surface area contributed by atoms with Crippen molar-refractivity contribution in [1.82, 2.24) is 4.90 Å². The van der Waals surface area contributed by atoms with Crippen molar-refractivity contribution in [3.05, 3.63) is 24.3 Å². The Morgan fingerprint density at radius 3 is 2.58 bits per heavy atom. The molecule has 2 heterocycles. The van der Waals surface area contributed by atoms with Gasteiger partial charge in [0, 0.05) is 44.4 Å². The van der Waals surface area contributed by atoms with E-state index in [1.807, 2.05) is 32.9 Å². The third-order valence-corrected chi connectivity index (χ3v) is 4.52. The minimum Gasteiger partial charge on any atom is -0.465 e. The van der Waals surface area contributed by atoms with Crippen LogP contribution in [0.15, 0.2) is 24.3 Å². The Labute approximate surface area is 156 Å². The predicted octanol–water partition coefficient (Wildman–Crippen LogP) is 3.65. The van der Waals surface area contributed by atoms with Gasteiger partial charge in [0.2, 0.25) is 0 Å². The molecule has 2 aliphatic heterocycles. The van der Waals surface area contributed by atoms with Crippen molar-refractivity contribution in [3.63, 3.8) is 0 Å². The number of benzene rings is 1. The quantitative estimate of drug-likeness (QED) is 0.821. The molecule has 1 unspecified atom stereocenters. The lowest BCUT2D eigenvalue weighted by atomic mass is 10.2. The highest BCUT2D eigenvalue weighted by atomic mass is 16.7. The first-order valence-corrected chi connectivity index (χ1v) is 9.52. The molecule has 144 valence electrons. The molecule has 0 aliphatic carbocycles. The van der Waals surface area contributed by atoms with Crippen LogP contribution < -0.4 is 9.64 Å². The smallest absolute Gasteiger partial charge is 0.410 e. The second kappa shape index (κ2) is 8.16. The van der Waals surface area contributed by atoms with Gasteiger partial charge in [-0.25, -0.2) is 4.79 Å². The van der Waals surface area contributed by atoms with Crippen molar-refractivity contribution in [1.29, 1.82) is 0 Å². The number of carbonyl (C=O) groups excluding carboxylic acids is 1. The summed E-state index contributed by atoms with van der Waals surface area (Å²) in [6, 6.07) is 8.12. The van der Waals surface area contributed by atoms with Crippen molar-refractivity contribution in [2.24, 2.45) is 0 Å². The highest BCUT2D eigenvalue weighted by Crippen LogP contribution is 2.25. The van der Waals surface area contributed by atoms with Gasteiger partial charge >= 0.3 is 6.09 Å². The number of ether oxygens (including phenoxy) is 3. The van der Waals surface area contributed by atoms with Crippen LogP contribution in [-0.2, 0) is 9.47 Å². The van der Waals surface area contributed by atoms with Crippen molar-refractivity contribution in [2.75, 3.05) is 37.7 Å². The predicted molar refractivity (Wildman–Crippen MR) is 101 cm³/mol. The topological polar surface area (TPSA) is 51.2 Å². The lowest BCUT2D eigenvalue weighted by molar-refractivity contribution is -0.105. The van der Waals surface area contributed by atoms with Crippen LogP contribution in [0.5, 0.6) is 5.75 Å². The van der Waals surface area contributed by atoms with Crippen LogP contribution in [0, 0.1) is 0 Å². The van der Waals surface area contributed by atoms with Crippen LogP contribution in [0.4, 0.5) is 10.5 Å². The van der Waals surface area contributed by atoms with Crippen molar-refractivity contribution in [2.45, 2.75) is 51.9 Å². The van der Waals surface area contributed by atoms with E-state index < -0.39 is 5.60 Å². The lowest BCUT2D eigenvalue weighted by Crippen LogP contribution is -2.50. The normalized spacial score (nSPS) is 21.4. The zero-order valence-corrected chi connectivity index (χ0v) is 16.1. The van der Waals surface area contributed by atoms with Crippen molar-refractivity contribution < 1.29 is 19.0 Å². The average Bonchev–Trinajstić information content (AvgIpc) is 2.61. The molecular weight excluding hydrogens is 332 g/mol. The molecule has 3 rings (SSSR count). The highest BCUT2D eigenvalue weighted by molar-refractivity contribution is 5.68. The summed E-state index contributed by atoms with van der Waals surface area (Å²) in [6.07, 6.45) is 2.84. The maximum absolute atomic E-state index is 12.2. The molecule has 0 saturated carbocycles. The summed E-state index contributed by atoms with van der Waals surface area (Å²) in [5.74, 6) is 0.837. The average molecular weight is 362 g/mol. The van der Waals surface area contributed by atoms with Gasteiger partial charge in [-0.3, -0.25) is 0 Å². The molecule has 2 saturated heterocycles. The standard InChI is InChI=1S/C20H30N2O4/c1-20(2,3)26-19(23)22-12-10-21(11-13-22)16-7-6-8-17(15-16)25-18-9-4-5-14-24-18/h6-8,15,18H,4-5,9-14H2,1-3H3. The lowest BCUT2D eigenvalue weighted by Gasteiger charge is -2.37. The van der Waals surface area contributed by atoms with E-state index in [1.54, 1.807) is 4.90 Å². The van der Waals surface area contributed by atoms with E-state index in [-0.39, 0.29) is 12.4 Å². The van der Waals surface area contributed by atoms with E-state index in [0.717, 1.165) is 50.4 Å². The van der Waals surface area contributed by atoms with Gasteiger partial charge in [0.05, 0.1) is 6.61 Å². The first-order valence-electron chi connectivity index (χ1n) is 9.52. The van der Waals surface area contributed by atoms with Crippen molar-refractivity contribution in [3.8, 4) is 5.75 Å². The van der Waals surface area contributed by atoms with E-state index in [1.165, 1.54) is 0 Å². The van der Waals surface area contributed by atoms with E-state index in [4.69, 9.17) is 14.2 Å². The molecule has 6 heteroatoms. The summed E-state index contributed by atoms with van der Waals surface area (Å²) in [7, 11) is 0. The maximum atomic E-state index is 12.2. The molecule has 1 aromatic rings. The van der Waals surface area contributed by atoms with Crippen LogP contribution in [0.2, 0.25) is 0 Å². The van der Waals surface area contributed by atoms with Gasteiger partial charge in [-0.2, -0.15) is 0 Å². The Hall–Kier alpha value is -1.95. The minimum atomic E-state index is -0.457. The van der Waals surface area contributed by atoms with E-state index in [2.05, 4.69) is 17.0 Å². The summed E-state index contributed by atoms with van der Waals surface area (Å²) in [5, 5.41) is 0. The summed E-state index contributed by atoms with van der Waals surface area (Å²) < 4.78 is 17.1. The second-order valence-corrected chi connectivity index (χ2v) is 7.87. The Balaban J connectivity index is 1.54. The van der Waals surface area contributed by atoms with Gasteiger partial charge in [-0.05, 0) is 45.7 Å². The van der Waals surface area contributed by atoms with E-state index >= 15 is 0 Å². The molecule has 0 aromatic heterocycles. The van der Waals surface area contributed by atoms with Gasteiger partial charge < -0.3 is 24.0 Å². The fourth-order valence-electron chi connectivity index (χ4n) is 3.18. The summed E-state index contributed by atoms with van der Waals surface area (Å²) in [5.41, 5.74) is 0.656. The second-order valence-electron chi connectivity index (χ2n) is 7.87. The van der Waals surface area contributed by atoms with Crippen LogP contribution >= 0.6 is 0 Å². The number of amides is 1. The monoisotopic (exact) mass is 362 g/mol. The first-order chi connectivity index (χ1) is 12.4. The Kier molecular flexibility index (Phi) is 5.91. The fourth-order valence-corrected chi connectivity index (χ4v) is 3.18. The number of carbonyl (C=O) groups is 1. The molecule has 1 atom stereocenters. The Bertz CT molecular complexity index is 600. The molecule has 0 bridgehead atoms. The van der Waals surface area contributed by atoms with Crippen molar-refractivity contribution >= 4 is 11.8 Å². The maximum Gasteiger partial charge on any atom is 0.410 e. The molecule has 1 aromatic carbocycles. The summed E-state index contributed by atoms with van der Waals surface area (Å²) in [4.78, 5) is 16.2. The van der Waals surface area contributed by atoms with Crippen LogP contribution in [0.3, 0.4) is 0 Å². The largest absolute Gasteiger partial charge is 0.465 e. The number of nitrogens with zero attached hydrogens (tertiary/aromatic N) is 2. The zero-order chi connectivity index (χ0) is 18.6.